The number of thiazole rings is 1. The molecule has 33 heavy (non-hydrogen) atoms. The van der Waals surface area contributed by atoms with Crippen molar-refractivity contribution in [2.75, 3.05) is 11.9 Å². The number of carbonyl (C=O) groups excluding carboxylic acids is 1. The summed E-state index contributed by atoms with van der Waals surface area (Å²) in [5, 5.41) is 27.1. The fraction of sp³-hybridized carbons (Fsp3) is 0.333. The van der Waals surface area contributed by atoms with E-state index in [1.165, 1.54) is 11.3 Å². The summed E-state index contributed by atoms with van der Waals surface area (Å²) in [5.41, 5.74) is -0.724. The number of aliphatic hydroxyl groups is 2. The Balaban J connectivity index is 1.62. The maximum atomic E-state index is 12.9. The monoisotopic (exact) mass is 479 g/mol. The molecule has 2 unspecified atom stereocenters. The summed E-state index contributed by atoms with van der Waals surface area (Å²) in [6.45, 7) is 1.74. The predicted molar refractivity (Wildman–Crippen MR) is 115 cm³/mol. The summed E-state index contributed by atoms with van der Waals surface area (Å²) in [4.78, 5) is 24.0. The van der Waals surface area contributed by atoms with E-state index in [4.69, 9.17) is 0 Å². The van der Waals surface area contributed by atoms with Crippen molar-refractivity contribution in [1.82, 2.24) is 20.3 Å². The minimum Gasteiger partial charge on any atom is -0.388 e. The number of aryl methyl sites for hydroxylation is 1. The Morgan fingerprint density at radius 3 is 2.82 bits per heavy atom. The van der Waals surface area contributed by atoms with Gasteiger partial charge in [-0.2, -0.15) is 13.2 Å². The second-order valence-electron chi connectivity index (χ2n) is 7.75. The Kier molecular flexibility index (Phi) is 6.08. The number of aliphatic hydroxyl groups excluding tert-OH is 1. The van der Waals surface area contributed by atoms with Crippen LogP contribution in [0.3, 0.4) is 0 Å². The molecule has 1 saturated heterocycles. The highest BCUT2D eigenvalue weighted by Gasteiger charge is 2.42. The van der Waals surface area contributed by atoms with Crippen molar-refractivity contribution in [3.63, 3.8) is 0 Å². The predicted octanol–water partition coefficient (Wildman–Crippen LogP) is 3.13. The lowest BCUT2D eigenvalue weighted by Gasteiger charge is -2.28. The van der Waals surface area contributed by atoms with Crippen molar-refractivity contribution in [2.45, 2.75) is 37.6 Å². The maximum Gasteiger partial charge on any atom is 0.433 e. The van der Waals surface area contributed by atoms with Crippen LogP contribution in [-0.2, 0) is 16.6 Å². The molecule has 2 atom stereocenters. The highest BCUT2D eigenvalue weighted by atomic mass is 32.1. The Labute approximate surface area is 190 Å². The van der Waals surface area contributed by atoms with Gasteiger partial charge in [-0.05, 0) is 42.7 Å². The van der Waals surface area contributed by atoms with E-state index in [2.05, 4.69) is 25.6 Å². The third kappa shape index (κ3) is 4.97. The van der Waals surface area contributed by atoms with Gasteiger partial charge >= 0.3 is 6.18 Å². The summed E-state index contributed by atoms with van der Waals surface area (Å²) in [5.74, 6) is -0.451. The van der Waals surface area contributed by atoms with Crippen molar-refractivity contribution in [3.05, 3.63) is 52.9 Å². The van der Waals surface area contributed by atoms with E-state index in [0.717, 1.165) is 17.8 Å². The molecule has 1 amide bonds. The number of amides is 1. The van der Waals surface area contributed by atoms with Crippen LogP contribution in [0.1, 0.15) is 29.1 Å². The van der Waals surface area contributed by atoms with Crippen molar-refractivity contribution < 1.29 is 28.2 Å². The lowest BCUT2D eigenvalue weighted by Crippen LogP contribution is -2.43. The first-order valence-electron chi connectivity index (χ1n) is 9.97. The number of rotatable bonds is 4. The summed E-state index contributed by atoms with van der Waals surface area (Å²) >= 11 is 1.17. The van der Waals surface area contributed by atoms with Gasteiger partial charge in [-0.3, -0.25) is 4.79 Å². The molecule has 1 fully saturated rings. The van der Waals surface area contributed by atoms with Crippen LogP contribution in [0.15, 0.2) is 36.7 Å². The van der Waals surface area contributed by atoms with Gasteiger partial charge in [0.25, 0.3) is 0 Å². The first-order valence-corrected chi connectivity index (χ1v) is 10.8. The first kappa shape index (κ1) is 23.1. The van der Waals surface area contributed by atoms with Crippen molar-refractivity contribution in [3.8, 4) is 10.4 Å². The summed E-state index contributed by atoms with van der Waals surface area (Å²) in [6, 6.07) is 6.08. The van der Waals surface area contributed by atoms with E-state index in [1.54, 1.807) is 18.3 Å². The summed E-state index contributed by atoms with van der Waals surface area (Å²) in [6.07, 6.45) is -3.14. The molecule has 3 heterocycles. The highest BCUT2D eigenvalue weighted by molar-refractivity contribution is 7.15. The number of hydrogen-bond acceptors (Lipinski definition) is 8. The fourth-order valence-corrected chi connectivity index (χ4v) is 4.57. The van der Waals surface area contributed by atoms with Crippen LogP contribution < -0.4 is 10.6 Å². The lowest BCUT2D eigenvalue weighted by atomic mass is 9.93. The van der Waals surface area contributed by atoms with Crippen LogP contribution in [0.4, 0.5) is 24.8 Å². The van der Waals surface area contributed by atoms with Gasteiger partial charge in [-0.25, -0.2) is 15.0 Å². The molecule has 1 aliphatic heterocycles. The van der Waals surface area contributed by atoms with E-state index >= 15 is 0 Å². The van der Waals surface area contributed by atoms with E-state index < -0.39 is 23.6 Å². The molecule has 4 rings (SSSR count). The van der Waals surface area contributed by atoms with Crippen molar-refractivity contribution in [2.24, 2.45) is 0 Å². The number of anilines is 2. The maximum absolute atomic E-state index is 12.9. The average Bonchev–Trinajstić information content (AvgIpc) is 3.21. The average molecular weight is 479 g/mol. The van der Waals surface area contributed by atoms with Gasteiger partial charge in [0.15, 0.2) is 0 Å². The fourth-order valence-electron chi connectivity index (χ4n) is 3.50. The van der Waals surface area contributed by atoms with Gasteiger partial charge in [-0.15, -0.1) is 11.3 Å². The number of benzene rings is 1. The lowest BCUT2D eigenvalue weighted by molar-refractivity contribution is -0.141. The number of aromatic nitrogens is 3. The number of carbonyl (C=O) groups is 1. The molecule has 0 aliphatic carbocycles. The molecular formula is C21H20F3N5O3S. The molecule has 2 aromatic heterocycles. The van der Waals surface area contributed by atoms with Gasteiger partial charge in [0.2, 0.25) is 11.9 Å². The molecule has 1 aliphatic rings. The third-order valence-electron chi connectivity index (χ3n) is 5.22. The highest BCUT2D eigenvalue weighted by Crippen LogP contribution is 2.38. The number of nitrogens with one attached hydrogen (secondary N) is 2. The molecule has 0 radical (unpaired) electrons. The Bertz CT molecular complexity index is 1190. The Hall–Kier alpha value is -3.09. The smallest absolute Gasteiger partial charge is 0.388 e. The minimum atomic E-state index is -4.58. The molecule has 12 heteroatoms. The second-order valence-corrected chi connectivity index (χ2v) is 8.78. The number of alkyl halides is 3. The molecule has 4 N–H and O–H groups in total. The minimum absolute atomic E-state index is 0.0282. The topological polar surface area (TPSA) is 120 Å². The van der Waals surface area contributed by atoms with E-state index in [0.29, 0.717) is 16.1 Å². The molecule has 1 aromatic carbocycles. The summed E-state index contributed by atoms with van der Waals surface area (Å²) < 4.78 is 38.8. The largest absolute Gasteiger partial charge is 0.433 e. The zero-order valence-corrected chi connectivity index (χ0v) is 18.2. The standard InChI is InChI=1S/C21H20F3N5O3S/c1-11-6-12(8-13(7-11)28-19-25-5-3-15(29-19)21(22,23)24)14-9-27-18(33-14)20(32)4-2-17(31)26-10-16(20)30/h3,5-9,16,30,32H,2,4,10H2,1H3,(H,26,31)(H,25,28,29). The normalized spacial score (nSPS) is 21.4. The van der Waals surface area contributed by atoms with E-state index in [1.807, 2.05) is 13.0 Å². The molecule has 0 saturated carbocycles. The van der Waals surface area contributed by atoms with Crippen LogP contribution in [0.2, 0.25) is 0 Å². The van der Waals surface area contributed by atoms with Gasteiger partial charge in [0, 0.05) is 31.0 Å². The van der Waals surface area contributed by atoms with Gasteiger partial charge < -0.3 is 20.8 Å². The van der Waals surface area contributed by atoms with Crippen molar-refractivity contribution in [1.29, 1.82) is 0 Å². The van der Waals surface area contributed by atoms with E-state index in [-0.39, 0.29) is 36.2 Å². The van der Waals surface area contributed by atoms with Crippen LogP contribution >= 0.6 is 11.3 Å². The van der Waals surface area contributed by atoms with Gasteiger partial charge in [-0.1, -0.05) is 6.07 Å². The van der Waals surface area contributed by atoms with Crippen molar-refractivity contribution >= 4 is 28.9 Å². The quantitative estimate of drug-likeness (QED) is 0.454. The molecule has 174 valence electrons. The number of nitrogens with zero attached hydrogens (tertiary/aromatic N) is 3. The van der Waals surface area contributed by atoms with Crippen LogP contribution in [0, 0.1) is 6.92 Å². The molecular weight excluding hydrogens is 459 g/mol. The number of hydrogen-bond donors (Lipinski definition) is 4. The van der Waals surface area contributed by atoms with Gasteiger partial charge in [0.05, 0.1) is 4.88 Å². The molecule has 8 nitrogen and oxygen atoms in total. The number of β-amino-alcohol motifs (C(OH)–C–C–N with tert-alkyl or cyclic N) is 1. The Morgan fingerprint density at radius 2 is 2.06 bits per heavy atom. The van der Waals surface area contributed by atoms with E-state index in [9.17, 15) is 28.2 Å². The zero-order chi connectivity index (χ0) is 23.8. The molecule has 0 spiro atoms. The first-order chi connectivity index (χ1) is 15.5. The Morgan fingerprint density at radius 1 is 1.27 bits per heavy atom. The van der Waals surface area contributed by atoms with Crippen LogP contribution in [-0.4, -0.2) is 43.7 Å². The summed E-state index contributed by atoms with van der Waals surface area (Å²) in [7, 11) is 0. The molecule has 3 aromatic rings. The van der Waals surface area contributed by atoms with Crippen LogP contribution in [0.25, 0.3) is 10.4 Å². The number of halogens is 3. The third-order valence-corrected chi connectivity index (χ3v) is 6.43. The second kappa shape index (κ2) is 8.69. The van der Waals surface area contributed by atoms with Crippen LogP contribution in [0.5, 0.6) is 0 Å². The molecule has 0 bridgehead atoms. The SMILES string of the molecule is Cc1cc(Nc2nccc(C(F)(F)F)n2)cc(-c2cnc(C3(O)CCC(=O)NCC3O)s2)c1. The zero-order valence-electron chi connectivity index (χ0n) is 17.3. The van der Waals surface area contributed by atoms with Gasteiger partial charge in [0.1, 0.15) is 22.4 Å².